The van der Waals surface area contributed by atoms with Gasteiger partial charge in [0.05, 0.1) is 5.69 Å². The molecule has 2 heterocycles. The molecule has 0 unspecified atom stereocenters. The van der Waals surface area contributed by atoms with Gasteiger partial charge in [0, 0.05) is 17.9 Å². The molecule has 0 aromatic carbocycles. The van der Waals surface area contributed by atoms with E-state index < -0.39 is 0 Å². The summed E-state index contributed by atoms with van der Waals surface area (Å²) in [5, 5.41) is 8.02. The highest BCUT2D eigenvalue weighted by Crippen LogP contribution is 2.23. The van der Waals surface area contributed by atoms with E-state index in [0.29, 0.717) is 12.5 Å². The van der Waals surface area contributed by atoms with Crippen LogP contribution in [0, 0.1) is 0 Å². The Morgan fingerprint density at radius 2 is 2.16 bits per heavy atom. The summed E-state index contributed by atoms with van der Waals surface area (Å²) in [6, 6.07) is 2.10. The van der Waals surface area contributed by atoms with Crippen LogP contribution in [-0.2, 0) is 0 Å². The fourth-order valence-electron chi connectivity index (χ4n) is 2.06. The SMILES string of the molecule is CC(C)c1cc2c(NC(C)(C)CCN)nccn2n1. The Hall–Kier alpha value is -1.62. The Balaban J connectivity index is 2.38. The third-order valence-electron chi connectivity index (χ3n) is 3.23. The second kappa shape index (κ2) is 5.17. The molecule has 0 saturated carbocycles. The molecule has 5 nitrogen and oxygen atoms in total. The summed E-state index contributed by atoms with van der Waals surface area (Å²) < 4.78 is 1.88. The summed E-state index contributed by atoms with van der Waals surface area (Å²) >= 11 is 0. The van der Waals surface area contributed by atoms with E-state index in [1.54, 1.807) is 6.20 Å². The van der Waals surface area contributed by atoms with Crippen LogP contribution in [0.25, 0.3) is 5.52 Å². The quantitative estimate of drug-likeness (QED) is 0.867. The molecule has 0 aliphatic heterocycles. The molecule has 0 aliphatic carbocycles. The Morgan fingerprint density at radius 3 is 2.79 bits per heavy atom. The average molecular weight is 261 g/mol. The molecule has 0 saturated heterocycles. The minimum Gasteiger partial charge on any atom is -0.363 e. The molecule has 2 aromatic rings. The van der Waals surface area contributed by atoms with Crippen molar-refractivity contribution in [3.8, 4) is 0 Å². The molecular weight excluding hydrogens is 238 g/mol. The van der Waals surface area contributed by atoms with Crippen molar-refractivity contribution in [3.63, 3.8) is 0 Å². The number of anilines is 1. The van der Waals surface area contributed by atoms with Crippen molar-refractivity contribution in [2.45, 2.75) is 45.6 Å². The lowest BCUT2D eigenvalue weighted by molar-refractivity contribution is 0.525. The molecule has 0 fully saturated rings. The van der Waals surface area contributed by atoms with E-state index in [-0.39, 0.29) is 5.54 Å². The molecule has 0 atom stereocenters. The van der Waals surface area contributed by atoms with Gasteiger partial charge in [-0.2, -0.15) is 5.10 Å². The van der Waals surface area contributed by atoms with E-state index in [9.17, 15) is 0 Å². The topological polar surface area (TPSA) is 68.2 Å². The van der Waals surface area contributed by atoms with E-state index in [0.717, 1.165) is 23.4 Å². The van der Waals surface area contributed by atoms with Gasteiger partial charge in [-0.15, -0.1) is 0 Å². The summed E-state index contributed by atoms with van der Waals surface area (Å²) in [4.78, 5) is 4.43. The fraction of sp³-hybridized carbons (Fsp3) is 0.571. The lowest BCUT2D eigenvalue weighted by Gasteiger charge is -2.26. The van der Waals surface area contributed by atoms with Crippen LogP contribution in [0.5, 0.6) is 0 Å². The third kappa shape index (κ3) is 3.04. The van der Waals surface area contributed by atoms with Crippen LogP contribution in [0.15, 0.2) is 18.5 Å². The first-order valence-electron chi connectivity index (χ1n) is 6.75. The number of hydrogen-bond donors (Lipinski definition) is 2. The maximum Gasteiger partial charge on any atom is 0.152 e. The molecular formula is C14H23N5. The van der Waals surface area contributed by atoms with Crippen molar-refractivity contribution >= 4 is 11.3 Å². The molecule has 0 amide bonds. The molecule has 104 valence electrons. The second-order valence-corrected chi connectivity index (χ2v) is 5.88. The Bertz CT molecular complexity index is 556. The summed E-state index contributed by atoms with van der Waals surface area (Å²) in [5.74, 6) is 1.27. The highest BCUT2D eigenvalue weighted by Gasteiger charge is 2.19. The van der Waals surface area contributed by atoms with E-state index in [4.69, 9.17) is 5.73 Å². The van der Waals surface area contributed by atoms with Gasteiger partial charge in [-0.25, -0.2) is 9.50 Å². The molecule has 0 aliphatic rings. The zero-order valence-electron chi connectivity index (χ0n) is 12.1. The number of nitrogens with one attached hydrogen (secondary N) is 1. The first-order valence-corrected chi connectivity index (χ1v) is 6.75. The van der Waals surface area contributed by atoms with E-state index in [2.05, 4.69) is 49.2 Å². The van der Waals surface area contributed by atoms with Gasteiger partial charge >= 0.3 is 0 Å². The highest BCUT2D eigenvalue weighted by molar-refractivity contribution is 5.68. The van der Waals surface area contributed by atoms with Crippen molar-refractivity contribution in [3.05, 3.63) is 24.2 Å². The number of rotatable bonds is 5. The van der Waals surface area contributed by atoms with Crippen LogP contribution in [0.3, 0.4) is 0 Å². The van der Waals surface area contributed by atoms with Gasteiger partial charge in [-0.05, 0) is 38.8 Å². The van der Waals surface area contributed by atoms with Crippen LogP contribution in [-0.4, -0.2) is 26.7 Å². The molecule has 19 heavy (non-hydrogen) atoms. The minimum atomic E-state index is -0.0775. The van der Waals surface area contributed by atoms with Crippen LogP contribution < -0.4 is 11.1 Å². The molecule has 2 aromatic heterocycles. The fourth-order valence-corrected chi connectivity index (χ4v) is 2.06. The lowest BCUT2D eigenvalue weighted by atomic mass is 10.0. The summed E-state index contributed by atoms with van der Waals surface area (Å²) in [6.07, 6.45) is 4.54. The molecule has 0 bridgehead atoms. The van der Waals surface area contributed by atoms with E-state index in [1.807, 2.05) is 10.7 Å². The molecule has 3 N–H and O–H groups in total. The lowest BCUT2D eigenvalue weighted by Crippen LogP contribution is -2.34. The van der Waals surface area contributed by atoms with Crippen LogP contribution >= 0.6 is 0 Å². The van der Waals surface area contributed by atoms with Gasteiger partial charge in [0.15, 0.2) is 5.82 Å². The van der Waals surface area contributed by atoms with Crippen molar-refractivity contribution < 1.29 is 0 Å². The number of hydrogen-bond acceptors (Lipinski definition) is 4. The third-order valence-corrected chi connectivity index (χ3v) is 3.23. The van der Waals surface area contributed by atoms with E-state index in [1.165, 1.54) is 0 Å². The first kappa shape index (κ1) is 13.8. The van der Waals surface area contributed by atoms with Gasteiger partial charge < -0.3 is 11.1 Å². The Labute approximate surface area is 114 Å². The van der Waals surface area contributed by atoms with Crippen molar-refractivity contribution in [2.75, 3.05) is 11.9 Å². The number of aromatic nitrogens is 3. The molecule has 0 spiro atoms. The molecule has 2 rings (SSSR count). The summed E-state index contributed by atoms with van der Waals surface area (Å²) in [5.41, 5.74) is 7.66. The number of fused-ring (bicyclic) bond motifs is 1. The van der Waals surface area contributed by atoms with Gasteiger partial charge in [0.25, 0.3) is 0 Å². The van der Waals surface area contributed by atoms with Crippen LogP contribution in [0.1, 0.15) is 45.7 Å². The smallest absolute Gasteiger partial charge is 0.152 e. The van der Waals surface area contributed by atoms with Gasteiger partial charge in [-0.3, -0.25) is 0 Å². The largest absolute Gasteiger partial charge is 0.363 e. The maximum absolute atomic E-state index is 5.65. The van der Waals surface area contributed by atoms with Crippen molar-refractivity contribution in [1.29, 1.82) is 0 Å². The van der Waals surface area contributed by atoms with Crippen LogP contribution in [0.2, 0.25) is 0 Å². The predicted octanol–water partition coefficient (Wildman–Crippen LogP) is 2.39. The average Bonchev–Trinajstić information content (AvgIpc) is 2.73. The van der Waals surface area contributed by atoms with Crippen molar-refractivity contribution in [2.24, 2.45) is 5.73 Å². The van der Waals surface area contributed by atoms with Gasteiger partial charge in [0.1, 0.15) is 5.52 Å². The number of nitrogens with two attached hydrogens (primary N) is 1. The maximum atomic E-state index is 5.65. The zero-order chi connectivity index (χ0) is 14.0. The van der Waals surface area contributed by atoms with Gasteiger partial charge in [0.2, 0.25) is 0 Å². The first-order chi connectivity index (χ1) is 8.93. The molecule has 0 radical (unpaired) electrons. The number of nitrogens with zero attached hydrogens (tertiary/aromatic N) is 3. The minimum absolute atomic E-state index is 0.0775. The Morgan fingerprint density at radius 1 is 1.42 bits per heavy atom. The zero-order valence-corrected chi connectivity index (χ0v) is 12.1. The standard InChI is InChI=1S/C14H23N5/c1-10(2)11-9-12-13(16-7-8-19(12)18-11)17-14(3,4)5-6-15/h7-10H,5-6,15H2,1-4H3,(H,16,17). The van der Waals surface area contributed by atoms with E-state index >= 15 is 0 Å². The highest BCUT2D eigenvalue weighted by atomic mass is 15.2. The normalized spacial score (nSPS) is 12.3. The second-order valence-electron chi connectivity index (χ2n) is 5.88. The van der Waals surface area contributed by atoms with Crippen molar-refractivity contribution in [1.82, 2.24) is 14.6 Å². The summed E-state index contributed by atoms with van der Waals surface area (Å²) in [7, 11) is 0. The summed E-state index contributed by atoms with van der Waals surface area (Å²) in [6.45, 7) is 9.19. The van der Waals surface area contributed by atoms with Crippen LogP contribution in [0.4, 0.5) is 5.82 Å². The predicted molar refractivity (Wildman–Crippen MR) is 78.4 cm³/mol. The monoisotopic (exact) mass is 261 g/mol. The van der Waals surface area contributed by atoms with Gasteiger partial charge in [-0.1, -0.05) is 13.8 Å². The Kier molecular flexibility index (Phi) is 3.75. The molecule has 5 heteroatoms.